The van der Waals surface area contributed by atoms with Gasteiger partial charge in [-0.05, 0) is 18.9 Å². The van der Waals surface area contributed by atoms with E-state index in [4.69, 9.17) is 5.11 Å². The Labute approximate surface area is 78.0 Å². The molecule has 1 aliphatic rings. The van der Waals surface area contributed by atoms with E-state index in [2.05, 4.69) is 16.1 Å². The number of hydrogen-bond donors (Lipinski definition) is 1. The Morgan fingerprint density at radius 2 is 2.23 bits per heavy atom. The zero-order chi connectivity index (χ0) is 9.10. The number of rotatable bonds is 2. The molecule has 1 aliphatic heterocycles. The molecule has 1 radical (unpaired) electrons. The first-order chi connectivity index (χ1) is 6.42. The van der Waals surface area contributed by atoms with E-state index in [9.17, 15) is 0 Å². The second kappa shape index (κ2) is 3.75. The summed E-state index contributed by atoms with van der Waals surface area (Å²) in [5.41, 5.74) is 1.90. The molecule has 0 amide bonds. The molecule has 2 heterocycles. The molecular weight excluding hydrogens is 164 g/mol. The topological polar surface area (TPSA) is 36.4 Å². The van der Waals surface area contributed by atoms with Crippen LogP contribution in [-0.2, 0) is 6.61 Å². The van der Waals surface area contributed by atoms with Gasteiger partial charge >= 0.3 is 0 Å². The third-order valence-corrected chi connectivity index (χ3v) is 2.42. The summed E-state index contributed by atoms with van der Waals surface area (Å²) in [4.78, 5) is 6.19. The molecule has 0 saturated carbocycles. The molecule has 3 heteroatoms. The van der Waals surface area contributed by atoms with Gasteiger partial charge in [-0.3, -0.25) is 4.98 Å². The Morgan fingerprint density at radius 1 is 1.46 bits per heavy atom. The smallest absolute Gasteiger partial charge is 0.114 e. The normalized spacial score (nSPS) is 16.5. The second-order valence-electron chi connectivity index (χ2n) is 3.28. The van der Waals surface area contributed by atoms with Crippen molar-refractivity contribution in [2.45, 2.75) is 19.4 Å². The summed E-state index contributed by atoms with van der Waals surface area (Å²) >= 11 is 0. The van der Waals surface area contributed by atoms with Crippen LogP contribution in [0.15, 0.2) is 12.3 Å². The lowest BCUT2D eigenvalue weighted by Crippen LogP contribution is -2.19. The van der Waals surface area contributed by atoms with Crippen molar-refractivity contribution >= 4 is 5.69 Å². The van der Waals surface area contributed by atoms with Crippen LogP contribution >= 0.6 is 0 Å². The summed E-state index contributed by atoms with van der Waals surface area (Å²) in [6.45, 7) is 2.20. The molecule has 1 fully saturated rings. The van der Waals surface area contributed by atoms with Crippen LogP contribution in [0.4, 0.5) is 5.69 Å². The molecular formula is C10H13N2O. The van der Waals surface area contributed by atoms with Gasteiger partial charge in [0.2, 0.25) is 0 Å². The van der Waals surface area contributed by atoms with Crippen molar-refractivity contribution in [1.82, 2.24) is 4.98 Å². The summed E-state index contributed by atoms with van der Waals surface area (Å²) in [5.74, 6) is 0. The quantitative estimate of drug-likeness (QED) is 0.731. The van der Waals surface area contributed by atoms with E-state index in [0.717, 1.165) is 24.3 Å². The number of aliphatic hydroxyl groups excluding tert-OH is 1. The van der Waals surface area contributed by atoms with Crippen LogP contribution in [0.5, 0.6) is 0 Å². The third-order valence-electron chi connectivity index (χ3n) is 2.42. The first-order valence-corrected chi connectivity index (χ1v) is 4.63. The highest BCUT2D eigenvalue weighted by Gasteiger charge is 2.15. The molecule has 0 unspecified atom stereocenters. The lowest BCUT2D eigenvalue weighted by molar-refractivity contribution is 0.282. The fourth-order valence-corrected chi connectivity index (χ4v) is 1.72. The maximum Gasteiger partial charge on any atom is 0.114 e. The van der Waals surface area contributed by atoms with E-state index < -0.39 is 0 Å². The standard InChI is InChI=1S/C10H13N2O/c13-8-9-3-4-11-7-10(9)12-5-1-2-6-12/h3-4,13H,1-2,5-6,8H2. The fourth-order valence-electron chi connectivity index (χ4n) is 1.72. The van der Waals surface area contributed by atoms with Crippen molar-refractivity contribution in [3.63, 3.8) is 0 Å². The summed E-state index contributed by atoms with van der Waals surface area (Å²) < 4.78 is 0. The Bertz CT molecular complexity index is 282. The zero-order valence-electron chi connectivity index (χ0n) is 7.53. The molecule has 0 aromatic carbocycles. The average Bonchev–Trinajstić information content (AvgIpc) is 2.70. The van der Waals surface area contributed by atoms with Crippen LogP contribution in [0, 0.1) is 6.20 Å². The van der Waals surface area contributed by atoms with Gasteiger partial charge in [0.25, 0.3) is 0 Å². The van der Waals surface area contributed by atoms with Gasteiger partial charge in [0, 0.05) is 24.8 Å². The number of aliphatic hydroxyl groups is 1. The van der Waals surface area contributed by atoms with Crippen LogP contribution in [0.2, 0.25) is 0 Å². The molecule has 0 spiro atoms. The summed E-state index contributed by atoms with van der Waals surface area (Å²) in [7, 11) is 0. The van der Waals surface area contributed by atoms with Gasteiger partial charge in [0.05, 0.1) is 12.3 Å². The highest BCUT2D eigenvalue weighted by atomic mass is 16.3. The monoisotopic (exact) mass is 177 g/mol. The maximum atomic E-state index is 9.10. The molecule has 1 aromatic rings. The van der Waals surface area contributed by atoms with E-state index in [1.165, 1.54) is 12.8 Å². The van der Waals surface area contributed by atoms with Crippen LogP contribution in [-0.4, -0.2) is 23.2 Å². The van der Waals surface area contributed by atoms with Crippen LogP contribution in [0.1, 0.15) is 18.4 Å². The minimum Gasteiger partial charge on any atom is -0.392 e. The molecule has 13 heavy (non-hydrogen) atoms. The minimum absolute atomic E-state index is 0.0743. The van der Waals surface area contributed by atoms with E-state index in [1.54, 1.807) is 6.20 Å². The SMILES string of the molecule is OCc1ccn[c]c1N1CCCC1. The van der Waals surface area contributed by atoms with E-state index in [0.29, 0.717) is 0 Å². The number of anilines is 1. The van der Waals surface area contributed by atoms with Crippen molar-refractivity contribution in [3.05, 3.63) is 24.0 Å². The van der Waals surface area contributed by atoms with Crippen molar-refractivity contribution in [1.29, 1.82) is 0 Å². The largest absolute Gasteiger partial charge is 0.392 e. The molecule has 0 atom stereocenters. The molecule has 1 N–H and O–H groups in total. The number of aromatic nitrogens is 1. The Kier molecular flexibility index (Phi) is 2.45. The summed E-state index contributed by atoms with van der Waals surface area (Å²) in [5, 5.41) is 9.10. The first kappa shape index (κ1) is 8.51. The Balaban J connectivity index is 2.26. The predicted octanol–water partition coefficient (Wildman–Crippen LogP) is 0.974. The van der Waals surface area contributed by atoms with Crippen LogP contribution < -0.4 is 4.90 Å². The minimum atomic E-state index is 0.0743. The van der Waals surface area contributed by atoms with Gasteiger partial charge < -0.3 is 10.0 Å². The Hall–Kier alpha value is -1.09. The molecule has 2 rings (SSSR count). The lowest BCUT2D eigenvalue weighted by Gasteiger charge is -2.19. The maximum absolute atomic E-state index is 9.10. The molecule has 69 valence electrons. The van der Waals surface area contributed by atoms with Gasteiger partial charge in [0.1, 0.15) is 6.20 Å². The van der Waals surface area contributed by atoms with Gasteiger partial charge in [-0.1, -0.05) is 0 Å². The van der Waals surface area contributed by atoms with Gasteiger partial charge in [-0.25, -0.2) is 0 Å². The van der Waals surface area contributed by atoms with Crippen molar-refractivity contribution < 1.29 is 5.11 Å². The van der Waals surface area contributed by atoms with E-state index in [-0.39, 0.29) is 6.61 Å². The predicted molar refractivity (Wildman–Crippen MR) is 50.4 cm³/mol. The van der Waals surface area contributed by atoms with Crippen LogP contribution in [0.25, 0.3) is 0 Å². The summed E-state index contributed by atoms with van der Waals surface area (Å²) in [6.07, 6.45) is 7.08. The fraction of sp³-hybridized carbons (Fsp3) is 0.500. The lowest BCUT2D eigenvalue weighted by atomic mass is 10.2. The molecule has 0 aliphatic carbocycles. The highest BCUT2D eigenvalue weighted by molar-refractivity contribution is 5.51. The van der Waals surface area contributed by atoms with Gasteiger partial charge in [-0.15, -0.1) is 0 Å². The number of pyridine rings is 1. The van der Waals surface area contributed by atoms with Gasteiger partial charge in [-0.2, -0.15) is 0 Å². The second-order valence-corrected chi connectivity index (χ2v) is 3.28. The van der Waals surface area contributed by atoms with Crippen molar-refractivity contribution in [3.8, 4) is 0 Å². The third kappa shape index (κ3) is 1.65. The van der Waals surface area contributed by atoms with Crippen molar-refractivity contribution in [2.24, 2.45) is 0 Å². The molecule has 1 saturated heterocycles. The van der Waals surface area contributed by atoms with E-state index >= 15 is 0 Å². The van der Waals surface area contributed by atoms with Gasteiger partial charge in [0.15, 0.2) is 0 Å². The Morgan fingerprint density at radius 3 is 2.92 bits per heavy atom. The zero-order valence-corrected chi connectivity index (χ0v) is 7.53. The van der Waals surface area contributed by atoms with Crippen molar-refractivity contribution in [2.75, 3.05) is 18.0 Å². The van der Waals surface area contributed by atoms with E-state index in [1.807, 2.05) is 6.07 Å². The number of nitrogens with zero attached hydrogens (tertiary/aromatic N) is 2. The summed E-state index contributed by atoms with van der Waals surface area (Å²) in [6, 6.07) is 1.85. The molecule has 0 bridgehead atoms. The average molecular weight is 177 g/mol. The van der Waals surface area contributed by atoms with Crippen LogP contribution in [0.3, 0.4) is 0 Å². The number of hydrogen-bond acceptors (Lipinski definition) is 3. The first-order valence-electron chi connectivity index (χ1n) is 4.63. The molecule has 1 aromatic heterocycles. The molecule has 3 nitrogen and oxygen atoms in total. The highest BCUT2D eigenvalue weighted by Crippen LogP contribution is 2.22.